The molecule has 0 bridgehead atoms. The number of halogens is 1. The third kappa shape index (κ3) is 4.47. The van der Waals surface area contributed by atoms with Crippen LogP contribution in [0.25, 0.3) is 27.9 Å². The van der Waals surface area contributed by atoms with Gasteiger partial charge < -0.3 is 10.2 Å². The highest BCUT2D eigenvalue weighted by atomic mass is 19.1. The van der Waals surface area contributed by atoms with Crippen LogP contribution in [0.3, 0.4) is 0 Å². The molecule has 0 spiro atoms. The Morgan fingerprint density at radius 2 is 1.56 bits per heavy atom. The van der Waals surface area contributed by atoms with Crippen LogP contribution in [0.4, 0.5) is 16.0 Å². The van der Waals surface area contributed by atoms with Crippen molar-refractivity contribution in [2.45, 2.75) is 6.42 Å². The third-order valence-electron chi connectivity index (χ3n) is 6.71. The number of nitrogens with one attached hydrogen (secondary N) is 1. The molecule has 36 heavy (non-hydrogen) atoms. The van der Waals surface area contributed by atoms with E-state index in [0.29, 0.717) is 17.5 Å². The van der Waals surface area contributed by atoms with E-state index in [1.165, 1.54) is 6.07 Å². The predicted molar refractivity (Wildman–Crippen MR) is 142 cm³/mol. The minimum Gasteiger partial charge on any atom is -0.367 e. The highest BCUT2D eigenvalue weighted by molar-refractivity contribution is 5.92. The lowest BCUT2D eigenvalue weighted by atomic mass is 10.2. The predicted octanol–water partition coefficient (Wildman–Crippen LogP) is 4.71. The highest BCUT2D eigenvalue weighted by Gasteiger charge is 2.19. The minimum absolute atomic E-state index is 0.145. The lowest BCUT2D eigenvalue weighted by Gasteiger charge is -2.36. The molecule has 3 heterocycles. The summed E-state index contributed by atoms with van der Waals surface area (Å²) in [6.07, 6.45) is 0.968. The topological polar surface area (TPSA) is 61.6 Å². The summed E-state index contributed by atoms with van der Waals surface area (Å²) < 4.78 is 15.9. The summed E-state index contributed by atoms with van der Waals surface area (Å²) >= 11 is 0. The first-order chi connectivity index (χ1) is 17.8. The van der Waals surface area contributed by atoms with Gasteiger partial charge in [0.2, 0.25) is 5.95 Å². The van der Waals surface area contributed by atoms with Crippen LogP contribution in [-0.4, -0.2) is 63.8 Å². The summed E-state index contributed by atoms with van der Waals surface area (Å²) in [6, 6.07) is 25.1. The summed E-state index contributed by atoms with van der Waals surface area (Å²) in [5.41, 5.74) is 3.37. The number of para-hydroxylation sites is 2. The molecule has 0 aliphatic carbocycles. The molecule has 0 amide bonds. The number of rotatable bonds is 7. The standard InChI is InChI=1S/C28H28FN7/c29-23-12-5-7-14-25(23)35-19-17-34(18-20-35)16-8-15-30-28-31-24-13-6-4-11-22(24)27-32-26(33-36(27)28)21-9-2-1-3-10-21/h1-7,9-14H,8,15-20H2,(H,30,31). The largest absolute Gasteiger partial charge is 0.367 e. The molecule has 8 heteroatoms. The molecule has 0 radical (unpaired) electrons. The summed E-state index contributed by atoms with van der Waals surface area (Å²) in [4.78, 5) is 14.3. The SMILES string of the molecule is Fc1ccccc1N1CCN(CCCNc2nc3ccccc3c3nc(-c4ccccc4)nn23)CC1. The molecular weight excluding hydrogens is 453 g/mol. The smallest absolute Gasteiger partial charge is 0.226 e. The fraction of sp³-hybridized carbons (Fsp3) is 0.250. The second-order valence-electron chi connectivity index (χ2n) is 9.05. The summed E-state index contributed by atoms with van der Waals surface area (Å²) in [7, 11) is 0. The van der Waals surface area contributed by atoms with E-state index in [1.807, 2.05) is 71.2 Å². The van der Waals surface area contributed by atoms with Crippen molar-refractivity contribution < 1.29 is 4.39 Å². The Balaban J connectivity index is 1.12. The van der Waals surface area contributed by atoms with Gasteiger partial charge in [-0.25, -0.2) is 14.4 Å². The van der Waals surface area contributed by atoms with Crippen molar-refractivity contribution in [2.24, 2.45) is 0 Å². The molecule has 0 atom stereocenters. The first-order valence-corrected chi connectivity index (χ1v) is 12.4. The van der Waals surface area contributed by atoms with E-state index in [9.17, 15) is 4.39 Å². The number of fused-ring (bicyclic) bond motifs is 3. The highest BCUT2D eigenvalue weighted by Crippen LogP contribution is 2.24. The average Bonchev–Trinajstić information content (AvgIpc) is 3.39. The molecule has 0 saturated carbocycles. The van der Waals surface area contributed by atoms with Gasteiger partial charge in [0.15, 0.2) is 11.5 Å². The van der Waals surface area contributed by atoms with Gasteiger partial charge in [-0.3, -0.25) is 4.90 Å². The van der Waals surface area contributed by atoms with E-state index in [0.717, 1.165) is 67.8 Å². The van der Waals surface area contributed by atoms with Gasteiger partial charge in [-0.05, 0) is 37.2 Å². The fourth-order valence-electron chi connectivity index (χ4n) is 4.80. The number of anilines is 2. The summed E-state index contributed by atoms with van der Waals surface area (Å²) in [6.45, 7) is 5.27. The molecule has 1 saturated heterocycles. The van der Waals surface area contributed by atoms with E-state index in [4.69, 9.17) is 15.1 Å². The van der Waals surface area contributed by atoms with E-state index < -0.39 is 0 Å². The molecule has 5 aromatic rings. The van der Waals surface area contributed by atoms with Crippen LogP contribution in [0, 0.1) is 5.82 Å². The van der Waals surface area contributed by atoms with E-state index >= 15 is 0 Å². The molecule has 1 aliphatic rings. The summed E-state index contributed by atoms with van der Waals surface area (Å²) in [5.74, 6) is 1.24. The van der Waals surface area contributed by atoms with Crippen LogP contribution in [0.5, 0.6) is 0 Å². The molecule has 1 aliphatic heterocycles. The van der Waals surface area contributed by atoms with E-state index in [2.05, 4.69) is 15.1 Å². The zero-order valence-corrected chi connectivity index (χ0v) is 20.0. The Bertz CT molecular complexity index is 1480. The zero-order chi connectivity index (χ0) is 24.3. The Morgan fingerprint density at radius 1 is 0.806 bits per heavy atom. The van der Waals surface area contributed by atoms with Crippen molar-refractivity contribution in [1.82, 2.24) is 24.5 Å². The monoisotopic (exact) mass is 481 g/mol. The quantitative estimate of drug-likeness (QED) is 0.340. The van der Waals surface area contributed by atoms with Gasteiger partial charge in [-0.15, -0.1) is 5.10 Å². The number of nitrogens with zero attached hydrogens (tertiary/aromatic N) is 6. The Kier molecular flexibility index (Phi) is 6.17. The summed E-state index contributed by atoms with van der Waals surface area (Å²) in [5, 5.41) is 9.25. The first kappa shape index (κ1) is 22.4. The van der Waals surface area contributed by atoms with Crippen molar-refractivity contribution in [3.8, 4) is 11.4 Å². The van der Waals surface area contributed by atoms with Gasteiger partial charge in [0.05, 0.1) is 11.2 Å². The maximum Gasteiger partial charge on any atom is 0.226 e. The molecule has 3 aromatic carbocycles. The average molecular weight is 482 g/mol. The second-order valence-corrected chi connectivity index (χ2v) is 9.05. The van der Waals surface area contributed by atoms with Crippen LogP contribution < -0.4 is 10.2 Å². The number of piperazine rings is 1. The Hall–Kier alpha value is -4.04. The van der Waals surface area contributed by atoms with Gasteiger partial charge in [-0.2, -0.15) is 4.52 Å². The van der Waals surface area contributed by atoms with E-state index in [1.54, 1.807) is 6.07 Å². The Morgan fingerprint density at radius 3 is 2.39 bits per heavy atom. The molecule has 6 rings (SSSR count). The number of hydrogen-bond donors (Lipinski definition) is 1. The zero-order valence-electron chi connectivity index (χ0n) is 20.0. The number of aromatic nitrogens is 4. The molecule has 182 valence electrons. The maximum absolute atomic E-state index is 14.1. The molecule has 2 aromatic heterocycles. The van der Waals surface area contributed by atoms with Gasteiger partial charge in [0.1, 0.15) is 5.82 Å². The van der Waals surface area contributed by atoms with Crippen LogP contribution >= 0.6 is 0 Å². The lowest BCUT2D eigenvalue weighted by molar-refractivity contribution is 0.256. The molecule has 1 fully saturated rings. The van der Waals surface area contributed by atoms with Gasteiger partial charge in [0, 0.05) is 43.7 Å². The second kappa shape index (κ2) is 9.91. The number of hydrogen-bond acceptors (Lipinski definition) is 6. The first-order valence-electron chi connectivity index (χ1n) is 12.4. The van der Waals surface area contributed by atoms with Crippen LogP contribution in [-0.2, 0) is 0 Å². The van der Waals surface area contributed by atoms with Gasteiger partial charge >= 0.3 is 0 Å². The molecule has 7 nitrogen and oxygen atoms in total. The van der Waals surface area contributed by atoms with Gasteiger partial charge in [0.25, 0.3) is 0 Å². The molecule has 1 N–H and O–H groups in total. The van der Waals surface area contributed by atoms with Gasteiger partial charge in [-0.1, -0.05) is 54.6 Å². The molecular formula is C28H28FN7. The minimum atomic E-state index is -0.145. The van der Waals surface area contributed by atoms with Crippen LogP contribution in [0.2, 0.25) is 0 Å². The lowest BCUT2D eigenvalue weighted by Crippen LogP contribution is -2.47. The fourth-order valence-corrected chi connectivity index (χ4v) is 4.80. The Labute approximate surface area is 209 Å². The van der Waals surface area contributed by atoms with Crippen molar-refractivity contribution in [3.05, 3.63) is 84.7 Å². The van der Waals surface area contributed by atoms with Crippen molar-refractivity contribution in [1.29, 1.82) is 0 Å². The third-order valence-corrected chi connectivity index (χ3v) is 6.71. The van der Waals surface area contributed by atoms with Crippen molar-refractivity contribution in [2.75, 3.05) is 49.5 Å². The normalized spacial score (nSPS) is 14.5. The maximum atomic E-state index is 14.1. The van der Waals surface area contributed by atoms with Crippen molar-refractivity contribution in [3.63, 3.8) is 0 Å². The van der Waals surface area contributed by atoms with Crippen LogP contribution in [0.15, 0.2) is 78.9 Å². The van der Waals surface area contributed by atoms with Crippen LogP contribution in [0.1, 0.15) is 6.42 Å². The molecule has 0 unspecified atom stereocenters. The number of benzene rings is 3. The van der Waals surface area contributed by atoms with E-state index in [-0.39, 0.29) is 5.82 Å². The van der Waals surface area contributed by atoms with Crippen molar-refractivity contribution >= 4 is 28.2 Å².